The Labute approximate surface area is 153 Å². The molecule has 4 rings (SSSR count). The summed E-state index contributed by atoms with van der Waals surface area (Å²) in [7, 11) is 0. The van der Waals surface area contributed by atoms with E-state index in [0.29, 0.717) is 27.9 Å². The van der Waals surface area contributed by atoms with E-state index in [4.69, 9.17) is 9.47 Å². The van der Waals surface area contributed by atoms with Gasteiger partial charge in [-0.3, -0.25) is 4.79 Å². The molecular formula is C19H14N2O4S. The maximum absolute atomic E-state index is 11.7. The zero-order chi connectivity index (χ0) is 17.9. The van der Waals surface area contributed by atoms with E-state index in [-0.39, 0.29) is 6.79 Å². The molecule has 1 N–H and O–H groups in total. The van der Waals surface area contributed by atoms with E-state index in [2.05, 4.69) is 9.97 Å². The second-order valence-corrected chi connectivity index (χ2v) is 6.61. The van der Waals surface area contributed by atoms with Crippen LogP contribution in [0.4, 0.5) is 0 Å². The Morgan fingerprint density at radius 3 is 2.69 bits per heavy atom. The summed E-state index contributed by atoms with van der Waals surface area (Å²) >= 11 is 1.11. The van der Waals surface area contributed by atoms with Crippen LogP contribution in [0.25, 0.3) is 11.3 Å². The Morgan fingerprint density at radius 1 is 1.08 bits per heavy atom. The lowest BCUT2D eigenvalue weighted by Crippen LogP contribution is -2.08. The summed E-state index contributed by atoms with van der Waals surface area (Å²) < 4.78 is 10.7. The Bertz CT molecular complexity index is 949. The van der Waals surface area contributed by atoms with Gasteiger partial charge < -0.3 is 14.6 Å². The van der Waals surface area contributed by atoms with Crippen molar-refractivity contribution in [3.63, 3.8) is 0 Å². The van der Waals surface area contributed by atoms with Crippen LogP contribution in [0.15, 0.2) is 66.0 Å². The number of ether oxygens (including phenoxy) is 2. The smallest absolute Gasteiger partial charge is 0.321 e. The maximum atomic E-state index is 11.7. The predicted molar refractivity (Wildman–Crippen MR) is 96.3 cm³/mol. The highest BCUT2D eigenvalue weighted by molar-refractivity contribution is 8.00. The SMILES string of the molecule is O=C(O)[C@@H](Sc1nccc(-c2ccc3c(c2)OCO3)n1)c1ccccc1. The lowest BCUT2D eigenvalue weighted by molar-refractivity contribution is -0.136. The standard InChI is InChI=1S/C19H14N2O4S/c22-18(23)17(12-4-2-1-3-5-12)26-19-20-9-8-14(21-19)13-6-7-15-16(10-13)25-11-24-15/h1-10,17H,11H2,(H,22,23)/t17-/m0/s1. The van der Waals surface area contributed by atoms with Gasteiger partial charge in [-0.15, -0.1) is 0 Å². The van der Waals surface area contributed by atoms with Crippen molar-refractivity contribution in [1.29, 1.82) is 0 Å². The molecule has 0 saturated heterocycles. The van der Waals surface area contributed by atoms with Gasteiger partial charge in [0, 0.05) is 11.8 Å². The molecule has 3 aromatic rings. The molecule has 1 atom stereocenters. The first-order chi connectivity index (χ1) is 12.7. The number of carbonyl (C=O) groups is 1. The van der Waals surface area contributed by atoms with E-state index in [9.17, 15) is 9.90 Å². The molecule has 1 aromatic heterocycles. The molecule has 1 aliphatic rings. The van der Waals surface area contributed by atoms with Crippen LogP contribution in [0.3, 0.4) is 0 Å². The molecule has 2 aromatic carbocycles. The van der Waals surface area contributed by atoms with E-state index < -0.39 is 11.2 Å². The minimum absolute atomic E-state index is 0.209. The van der Waals surface area contributed by atoms with Crippen molar-refractivity contribution in [3.8, 4) is 22.8 Å². The van der Waals surface area contributed by atoms with E-state index in [1.165, 1.54) is 0 Å². The number of hydrogen-bond acceptors (Lipinski definition) is 6. The molecule has 0 bridgehead atoms. The molecule has 0 aliphatic carbocycles. The number of fused-ring (bicyclic) bond motifs is 1. The third-order valence-electron chi connectivity index (χ3n) is 3.85. The third kappa shape index (κ3) is 3.34. The fourth-order valence-corrected chi connectivity index (χ4v) is 3.49. The number of hydrogen-bond donors (Lipinski definition) is 1. The van der Waals surface area contributed by atoms with Crippen molar-refractivity contribution in [2.75, 3.05) is 6.79 Å². The summed E-state index contributed by atoms with van der Waals surface area (Å²) in [6, 6.07) is 16.4. The monoisotopic (exact) mass is 366 g/mol. The van der Waals surface area contributed by atoms with Gasteiger partial charge in [0.15, 0.2) is 16.7 Å². The Kier molecular flexibility index (Phi) is 4.45. The highest BCUT2D eigenvalue weighted by Gasteiger charge is 2.23. The van der Waals surface area contributed by atoms with E-state index in [0.717, 1.165) is 17.3 Å². The number of carboxylic acid groups (broad SMARTS) is 1. The Balaban J connectivity index is 1.62. The van der Waals surface area contributed by atoms with Crippen molar-refractivity contribution in [2.45, 2.75) is 10.4 Å². The molecular weight excluding hydrogens is 352 g/mol. The largest absolute Gasteiger partial charge is 0.480 e. The average molecular weight is 366 g/mol. The summed E-state index contributed by atoms with van der Waals surface area (Å²) in [5.41, 5.74) is 2.24. The van der Waals surface area contributed by atoms with Crippen molar-refractivity contribution < 1.29 is 19.4 Å². The Hall–Kier alpha value is -3.06. The number of carboxylic acids is 1. The van der Waals surface area contributed by atoms with Crippen LogP contribution in [-0.2, 0) is 4.79 Å². The number of aromatic nitrogens is 2. The number of nitrogens with zero attached hydrogens (tertiary/aromatic N) is 2. The maximum Gasteiger partial charge on any atom is 0.321 e. The van der Waals surface area contributed by atoms with Gasteiger partial charge in [0.1, 0.15) is 5.25 Å². The summed E-state index contributed by atoms with van der Waals surface area (Å²) in [6.07, 6.45) is 1.62. The number of aliphatic carboxylic acids is 1. The molecule has 130 valence electrons. The van der Waals surface area contributed by atoms with E-state index in [1.807, 2.05) is 36.4 Å². The first-order valence-corrected chi connectivity index (χ1v) is 8.76. The van der Waals surface area contributed by atoms with Gasteiger partial charge in [0.05, 0.1) is 5.69 Å². The van der Waals surface area contributed by atoms with Crippen LogP contribution in [0.5, 0.6) is 11.5 Å². The van der Waals surface area contributed by atoms with Crippen LogP contribution in [0.1, 0.15) is 10.8 Å². The highest BCUT2D eigenvalue weighted by Crippen LogP contribution is 2.37. The fraction of sp³-hybridized carbons (Fsp3) is 0.105. The first kappa shape index (κ1) is 16.4. The molecule has 6 nitrogen and oxygen atoms in total. The van der Waals surface area contributed by atoms with Gasteiger partial charge in [0.25, 0.3) is 0 Å². The van der Waals surface area contributed by atoms with Gasteiger partial charge in [0.2, 0.25) is 6.79 Å². The van der Waals surface area contributed by atoms with E-state index in [1.54, 1.807) is 24.4 Å². The van der Waals surface area contributed by atoms with Crippen molar-refractivity contribution in [2.24, 2.45) is 0 Å². The second-order valence-electron chi connectivity index (χ2n) is 5.54. The predicted octanol–water partition coefficient (Wildman–Crippen LogP) is 3.79. The fourth-order valence-electron chi connectivity index (χ4n) is 2.61. The highest BCUT2D eigenvalue weighted by atomic mass is 32.2. The van der Waals surface area contributed by atoms with Crippen LogP contribution < -0.4 is 9.47 Å². The van der Waals surface area contributed by atoms with Gasteiger partial charge in [-0.2, -0.15) is 0 Å². The van der Waals surface area contributed by atoms with Crippen LogP contribution in [0, 0.1) is 0 Å². The molecule has 1 aliphatic heterocycles. The van der Waals surface area contributed by atoms with Crippen LogP contribution in [-0.4, -0.2) is 27.8 Å². The average Bonchev–Trinajstić information content (AvgIpc) is 3.14. The summed E-state index contributed by atoms with van der Waals surface area (Å²) in [5, 5.41) is 9.20. The molecule has 0 fully saturated rings. The zero-order valence-corrected chi connectivity index (χ0v) is 14.3. The second kappa shape index (κ2) is 7.05. The van der Waals surface area contributed by atoms with E-state index >= 15 is 0 Å². The first-order valence-electron chi connectivity index (χ1n) is 7.88. The molecule has 0 unspecified atom stereocenters. The van der Waals surface area contributed by atoms with Crippen LogP contribution >= 0.6 is 11.8 Å². The lowest BCUT2D eigenvalue weighted by atomic mass is 10.1. The van der Waals surface area contributed by atoms with Gasteiger partial charge in [-0.25, -0.2) is 9.97 Å². The molecule has 26 heavy (non-hydrogen) atoms. The number of rotatable bonds is 5. The minimum Gasteiger partial charge on any atom is -0.480 e. The minimum atomic E-state index is -0.932. The van der Waals surface area contributed by atoms with Gasteiger partial charge in [-0.1, -0.05) is 42.1 Å². The number of thioether (sulfide) groups is 1. The molecule has 0 radical (unpaired) electrons. The van der Waals surface area contributed by atoms with Gasteiger partial charge >= 0.3 is 5.97 Å². The molecule has 0 amide bonds. The Morgan fingerprint density at radius 2 is 1.88 bits per heavy atom. The topological polar surface area (TPSA) is 81.5 Å². The normalized spacial score (nSPS) is 13.4. The molecule has 0 saturated carbocycles. The van der Waals surface area contributed by atoms with Crippen LogP contribution in [0.2, 0.25) is 0 Å². The summed E-state index contributed by atoms with van der Waals surface area (Å²) in [4.78, 5) is 20.4. The zero-order valence-electron chi connectivity index (χ0n) is 13.5. The van der Waals surface area contributed by atoms with Crippen molar-refractivity contribution in [1.82, 2.24) is 9.97 Å². The van der Waals surface area contributed by atoms with Crippen molar-refractivity contribution >= 4 is 17.7 Å². The molecule has 0 spiro atoms. The lowest BCUT2D eigenvalue weighted by Gasteiger charge is -2.12. The summed E-state index contributed by atoms with van der Waals surface area (Å²) in [5.74, 6) is 0.439. The van der Waals surface area contributed by atoms with Crippen molar-refractivity contribution in [3.05, 3.63) is 66.4 Å². The van der Waals surface area contributed by atoms with Gasteiger partial charge in [-0.05, 0) is 29.8 Å². The summed E-state index contributed by atoms with van der Waals surface area (Å²) in [6.45, 7) is 0.209. The third-order valence-corrected chi connectivity index (χ3v) is 4.97. The molecule has 7 heteroatoms. The number of benzene rings is 2. The molecule has 2 heterocycles. The quantitative estimate of drug-likeness (QED) is 0.543.